The van der Waals surface area contributed by atoms with Gasteiger partial charge in [-0.1, -0.05) is 15.9 Å². The van der Waals surface area contributed by atoms with Gasteiger partial charge in [0.25, 0.3) is 0 Å². The van der Waals surface area contributed by atoms with Crippen molar-refractivity contribution in [3.05, 3.63) is 18.0 Å². The SMILES string of the molecule is Nc1cncc(C(O)C(O)CBr)c1N. The van der Waals surface area contributed by atoms with E-state index in [0.717, 1.165) is 0 Å². The fourth-order valence-corrected chi connectivity index (χ4v) is 1.39. The Bertz CT molecular complexity index is 321. The molecular weight excluding hydrogens is 250 g/mol. The number of pyridine rings is 1. The van der Waals surface area contributed by atoms with E-state index in [1.165, 1.54) is 12.4 Å². The summed E-state index contributed by atoms with van der Waals surface area (Å²) in [5.74, 6) is 0. The Morgan fingerprint density at radius 2 is 2.00 bits per heavy atom. The van der Waals surface area contributed by atoms with Crippen LogP contribution in [0.5, 0.6) is 0 Å². The van der Waals surface area contributed by atoms with Crippen LogP contribution in [0.1, 0.15) is 11.7 Å². The van der Waals surface area contributed by atoms with Crippen molar-refractivity contribution >= 4 is 27.3 Å². The standard InChI is InChI=1S/C8H12BrN3O2/c9-1-6(13)8(14)4-2-12-3-5(10)7(4)11/h2-3,6,8,13-14H,1,10H2,(H2,11,12). The number of rotatable bonds is 3. The zero-order valence-corrected chi connectivity index (χ0v) is 8.98. The minimum Gasteiger partial charge on any atom is -0.397 e. The van der Waals surface area contributed by atoms with Gasteiger partial charge < -0.3 is 21.7 Å². The van der Waals surface area contributed by atoms with Crippen LogP contribution in [-0.2, 0) is 0 Å². The minimum absolute atomic E-state index is 0.252. The van der Waals surface area contributed by atoms with E-state index < -0.39 is 12.2 Å². The van der Waals surface area contributed by atoms with Crippen molar-refractivity contribution in [3.8, 4) is 0 Å². The molecule has 2 atom stereocenters. The highest BCUT2D eigenvalue weighted by atomic mass is 79.9. The number of halogens is 1. The molecule has 6 heteroatoms. The predicted molar refractivity (Wildman–Crippen MR) is 57.8 cm³/mol. The number of nitrogens with zero attached hydrogens (tertiary/aromatic N) is 1. The monoisotopic (exact) mass is 261 g/mol. The molecule has 1 heterocycles. The number of anilines is 2. The van der Waals surface area contributed by atoms with E-state index in [4.69, 9.17) is 11.5 Å². The molecule has 6 N–H and O–H groups in total. The molecule has 1 rings (SSSR count). The van der Waals surface area contributed by atoms with Gasteiger partial charge in [0.2, 0.25) is 0 Å². The van der Waals surface area contributed by atoms with Crippen molar-refractivity contribution in [2.75, 3.05) is 16.8 Å². The third-order valence-electron chi connectivity index (χ3n) is 1.89. The second-order valence-corrected chi connectivity index (χ2v) is 3.55. The summed E-state index contributed by atoms with van der Waals surface area (Å²) in [5.41, 5.74) is 12.0. The Kier molecular flexibility index (Phi) is 3.68. The zero-order chi connectivity index (χ0) is 10.7. The molecule has 2 unspecified atom stereocenters. The summed E-state index contributed by atoms with van der Waals surface area (Å²) in [4.78, 5) is 3.79. The average Bonchev–Trinajstić information content (AvgIpc) is 2.20. The number of nitrogens with two attached hydrogens (primary N) is 2. The fourth-order valence-electron chi connectivity index (χ4n) is 1.03. The Morgan fingerprint density at radius 1 is 1.36 bits per heavy atom. The maximum atomic E-state index is 9.64. The molecule has 0 aliphatic heterocycles. The third-order valence-corrected chi connectivity index (χ3v) is 2.55. The van der Waals surface area contributed by atoms with Gasteiger partial charge in [0.05, 0.1) is 23.7 Å². The molecule has 0 aliphatic carbocycles. The molecule has 14 heavy (non-hydrogen) atoms. The lowest BCUT2D eigenvalue weighted by atomic mass is 10.1. The Morgan fingerprint density at radius 3 is 2.57 bits per heavy atom. The maximum absolute atomic E-state index is 9.64. The first-order valence-electron chi connectivity index (χ1n) is 3.99. The van der Waals surface area contributed by atoms with Gasteiger partial charge in [0.15, 0.2) is 0 Å². The summed E-state index contributed by atoms with van der Waals surface area (Å²) >= 11 is 3.05. The van der Waals surface area contributed by atoms with Gasteiger partial charge >= 0.3 is 0 Å². The predicted octanol–water partition coefficient (Wildman–Crippen LogP) is 0.0352. The number of aliphatic hydroxyl groups is 2. The molecule has 1 aromatic heterocycles. The number of hydrogen-bond donors (Lipinski definition) is 4. The summed E-state index contributed by atoms with van der Waals surface area (Å²) < 4.78 is 0. The van der Waals surface area contributed by atoms with Crippen LogP contribution in [0, 0.1) is 0 Å². The number of aliphatic hydroxyl groups excluding tert-OH is 2. The lowest BCUT2D eigenvalue weighted by molar-refractivity contribution is 0.0345. The van der Waals surface area contributed by atoms with E-state index in [2.05, 4.69) is 20.9 Å². The normalized spacial score (nSPS) is 15.1. The molecule has 0 amide bonds. The van der Waals surface area contributed by atoms with E-state index in [0.29, 0.717) is 11.3 Å². The summed E-state index contributed by atoms with van der Waals surface area (Å²) in [6, 6.07) is 0. The van der Waals surface area contributed by atoms with Crippen LogP contribution in [0.2, 0.25) is 0 Å². The van der Waals surface area contributed by atoms with E-state index in [1.807, 2.05) is 0 Å². The van der Waals surface area contributed by atoms with E-state index in [1.54, 1.807) is 0 Å². The molecule has 0 aliphatic rings. The molecular formula is C8H12BrN3O2. The smallest absolute Gasteiger partial charge is 0.109 e. The van der Waals surface area contributed by atoms with Gasteiger partial charge in [0, 0.05) is 17.1 Å². The lowest BCUT2D eigenvalue weighted by Gasteiger charge is -2.17. The zero-order valence-electron chi connectivity index (χ0n) is 7.39. The van der Waals surface area contributed by atoms with Crippen LogP contribution >= 0.6 is 15.9 Å². The highest BCUT2D eigenvalue weighted by Crippen LogP contribution is 2.26. The van der Waals surface area contributed by atoms with Crippen LogP contribution in [0.25, 0.3) is 0 Å². The molecule has 0 fully saturated rings. The first-order chi connectivity index (χ1) is 6.57. The van der Waals surface area contributed by atoms with Crippen LogP contribution in [-0.4, -0.2) is 26.6 Å². The van der Waals surface area contributed by atoms with E-state index in [9.17, 15) is 10.2 Å². The molecule has 0 saturated heterocycles. The van der Waals surface area contributed by atoms with Crippen LogP contribution < -0.4 is 11.5 Å². The highest BCUT2D eigenvalue weighted by Gasteiger charge is 2.20. The molecule has 0 aromatic carbocycles. The number of alkyl halides is 1. The summed E-state index contributed by atoms with van der Waals surface area (Å²) in [5, 5.41) is 19.3. The largest absolute Gasteiger partial charge is 0.397 e. The molecule has 0 spiro atoms. The van der Waals surface area contributed by atoms with Gasteiger partial charge in [-0.05, 0) is 0 Å². The van der Waals surface area contributed by atoms with Crippen LogP contribution in [0.4, 0.5) is 11.4 Å². The molecule has 5 nitrogen and oxygen atoms in total. The number of nitrogen functional groups attached to an aromatic ring is 2. The highest BCUT2D eigenvalue weighted by molar-refractivity contribution is 9.09. The summed E-state index contributed by atoms with van der Waals surface area (Å²) in [6.07, 6.45) is 0.778. The molecule has 0 bridgehead atoms. The van der Waals surface area contributed by atoms with E-state index >= 15 is 0 Å². The Balaban J connectivity index is 3.01. The van der Waals surface area contributed by atoms with Gasteiger partial charge in [0.1, 0.15) is 6.10 Å². The summed E-state index contributed by atoms with van der Waals surface area (Å²) in [6.45, 7) is 0. The van der Waals surface area contributed by atoms with Gasteiger partial charge in [-0.3, -0.25) is 4.98 Å². The average molecular weight is 262 g/mol. The third kappa shape index (κ3) is 2.14. The molecule has 78 valence electrons. The van der Waals surface area contributed by atoms with Gasteiger partial charge in [-0.15, -0.1) is 0 Å². The minimum atomic E-state index is -1.08. The molecule has 1 aromatic rings. The number of hydrogen-bond acceptors (Lipinski definition) is 5. The van der Waals surface area contributed by atoms with Crippen LogP contribution in [0.15, 0.2) is 12.4 Å². The molecule has 0 saturated carbocycles. The number of aromatic nitrogens is 1. The fraction of sp³-hybridized carbons (Fsp3) is 0.375. The second-order valence-electron chi connectivity index (χ2n) is 2.90. The first kappa shape index (κ1) is 11.2. The first-order valence-corrected chi connectivity index (χ1v) is 5.11. The van der Waals surface area contributed by atoms with Crippen molar-refractivity contribution in [3.63, 3.8) is 0 Å². The second kappa shape index (κ2) is 4.59. The summed E-state index contributed by atoms with van der Waals surface area (Å²) in [7, 11) is 0. The van der Waals surface area contributed by atoms with Crippen molar-refractivity contribution in [2.45, 2.75) is 12.2 Å². The van der Waals surface area contributed by atoms with Gasteiger partial charge in [-0.25, -0.2) is 0 Å². The maximum Gasteiger partial charge on any atom is 0.109 e. The Hall–Kier alpha value is -0.850. The van der Waals surface area contributed by atoms with Crippen molar-refractivity contribution in [1.82, 2.24) is 4.98 Å². The van der Waals surface area contributed by atoms with Crippen molar-refractivity contribution in [1.29, 1.82) is 0 Å². The van der Waals surface area contributed by atoms with Crippen LogP contribution in [0.3, 0.4) is 0 Å². The van der Waals surface area contributed by atoms with Gasteiger partial charge in [-0.2, -0.15) is 0 Å². The topological polar surface area (TPSA) is 105 Å². The Labute approximate surface area is 89.9 Å². The quantitative estimate of drug-likeness (QED) is 0.575. The lowest BCUT2D eigenvalue weighted by Crippen LogP contribution is -2.21. The van der Waals surface area contributed by atoms with Crippen molar-refractivity contribution < 1.29 is 10.2 Å². The van der Waals surface area contributed by atoms with Crippen molar-refractivity contribution in [2.24, 2.45) is 0 Å². The van der Waals surface area contributed by atoms with E-state index in [-0.39, 0.29) is 11.0 Å². The molecule has 0 radical (unpaired) electrons.